The van der Waals surface area contributed by atoms with E-state index in [0.717, 1.165) is 23.5 Å². The first-order valence-corrected chi connectivity index (χ1v) is 7.01. The lowest BCUT2D eigenvalue weighted by Gasteiger charge is -2.13. The monoisotopic (exact) mass is 256 g/mol. The Morgan fingerprint density at radius 2 is 2.11 bits per heavy atom. The Morgan fingerprint density at radius 3 is 2.84 bits per heavy atom. The van der Waals surface area contributed by atoms with Crippen LogP contribution in [0, 0.1) is 0 Å². The number of aromatic nitrogens is 1. The Balaban J connectivity index is 1.93. The lowest BCUT2D eigenvalue weighted by molar-refractivity contribution is 0.235. The van der Waals surface area contributed by atoms with E-state index in [-0.39, 0.29) is 6.10 Å². The molecule has 0 atom stereocenters. The van der Waals surface area contributed by atoms with Crippen LogP contribution in [-0.2, 0) is 6.54 Å². The second-order valence-electron chi connectivity index (χ2n) is 5.46. The highest BCUT2D eigenvalue weighted by Gasteiger charge is 2.20. The van der Waals surface area contributed by atoms with Crippen LogP contribution in [0.15, 0.2) is 30.3 Å². The molecule has 3 rings (SSSR count). The first-order chi connectivity index (χ1) is 9.22. The quantitative estimate of drug-likeness (QED) is 0.891. The number of ether oxygens (including phenoxy) is 1. The Morgan fingerprint density at radius 1 is 1.32 bits per heavy atom. The molecule has 0 spiro atoms. The van der Waals surface area contributed by atoms with E-state index in [9.17, 15) is 0 Å². The van der Waals surface area contributed by atoms with Crippen LogP contribution in [-0.4, -0.2) is 17.1 Å². The predicted octanol–water partition coefficient (Wildman–Crippen LogP) is 3.27. The van der Waals surface area contributed by atoms with E-state index in [4.69, 9.17) is 4.74 Å². The van der Waals surface area contributed by atoms with Crippen LogP contribution >= 0.6 is 0 Å². The molecule has 0 amide bonds. The SMILES string of the molecule is CC(C)Oc1nc(CNC2CC2)cc2ccccc12. The molecule has 0 unspecified atom stereocenters. The van der Waals surface area contributed by atoms with Gasteiger partial charge in [0, 0.05) is 18.0 Å². The van der Waals surface area contributed by atoms with E-state index in [1.807, 2.05) is 19.9 Å². The van der Waals surface area contributed by atoms with Crippen molar-refractivity contribution >= 4 is 10.8 Å². The van der Waals surface area contributed by atoms with E-state index in [1.165, 1.54) is 18.2 Å². The molecule has 0 radical (unpaired) electrons. The highest BCUT2D eigenvalue weighted by Crippen LogP contribution is 2.26. The summed E-state index contributed by atoms with van der Waals surface area (Å²) in [6.07, 6.45) is 2.73. The number of rotatable bonds is 5. The third kappa shape index (κ3) is 3.04. The maximum atomic E-state index is 5.85. The number of pyridine rings is 1. The summed E-state index contributed by atoms with van der Waals surface area (Å²) in [7, 11) is 0. The summed E-state index contributed by atoms with van der Waals surface area (Å²) in [6, 6.07) is 11.1. The van der Waals surface area contributed by atoms with Gasteiger partial charge in [0.1, 0.15) is 0 Å². The molecular formula is C16H20N2O. The molecule has 0 bridgehead atoms. The lowest BCUT2D eigenvalue weighted by Crippen LogP contribution is -2.17. The minimum atomic E-state index is 0.141. The van der Waals surface area contributed by atoms with Crippen molar-refractivity contribution in [1.29, 1.82) is 0 Å². The van der Waals surface area contributed by atoms with Crippen LogP contribution in [0.2, 0.25) is 0 Å². The number of nitrogens with zero attached hydrogens (tertiary/aromatic N) is 1. The Kier molecular flexibility index (Phi) is 3.38. The summed E-state index contributed by atoms with van der Waals surface area (Å²) in [5.41, 5.74) is 1.06. The van der Waals surface area contributed by atoms with Crippen molar-refractivity contribution in [1.82, 2.24) is 10.3 Å². The average Bonchev–Trinajstić information content (AvgIpc) is 3.20. The van der Waals surface area contributed by atoms with Gasteiger partial charge in [0.2, 0.25) is 5.88 Å². The van der Waals surface area contributed by atoms with Gasteiger partial charge in [0.15, 0.2) is 0 Å². The molecular weight excluding hydrogens is 236 g/mol. The van der Waals surface area contributed by atoms with Crippen molar-refractivity contribution in [2.75, 3.05) is 0 Å². The van der Waals surface area contributed by atoms with E-state index in [2.05, 4.69) is 34.6 Å². The molecule has 1 fully saturated rings. The lowest BCUT2D eigenvalue weighted by atomic mass is 10.1. The molecule has 0 aliphatic heterocycles. The maximum Gasteiger partial charge on any atom is 0.221 e. The van der Waals surface area contributed by atoms with Gasteiger partial charge in [-0.3, -0.25) is 0 Å². The zero-order valence-electron chi connectivity index (χ0n) is 11.5. The smallest absolute Gasteiger partial charge is 0.221 e. The highest BCUT2D eigenvalue weighted by atomic mass is 16.5. The number of hydrogen-bond donors (Lipinski definition) is 1. The van der Waals surface area contributed by atoms with Crippen LogP contribution < -0.4 is 10.1 Å². The van der Waals surface area contributed by atoms with Crippen molar-refractivity contribution < 1.29 is 4.74 Å². The normalized spacial score (nSPS) is 15.1. The first-order valence-electron chi connectivity index (χ1n) is 7.01. The molecule has 1 heterocycles. The number of fused-ring (bicyclic) bond motifs is 1. The van der Waals surface area contributed by atoms with Crippen molar-refractivity contribution in [2.24, 2.45) is 0 Å². The summed E-state index contributed by atoms with van der Waals surface area (Å²) in [5, 5.41) is 5.78. The summed E-state index contributed by atoms with van der Waals surface area (Å²) in [6.45, 7) is 4.89. The number of nitrogens with one attached hydrogen (secondary N) is 1. The van der Waals surface area contributed by atoms with E-state index < -0.39 is 0 Å². The number of benzene rings is 1. The van der Waals surface area contributed by atoms with Crippen molar-refractivity contribution in [3.8, 4) is 5.88 Å². The van der Waals surface area contributed by atoms with Crippen molar-refractivity contribution in [3.63, 3.8) is 0 Å². The summed E-state index contributed by atoms with van der Waals surface area (Å²) >= 11 is 0. The minimum Gasteiger partial charge on any atom is -0.474 e. The molecule has 3 nitrogen and oxygen atoms in total. The standard InChI is InChI=1S/C16H20N2O/c1-11(2)19-16-15-6-4-3-5-12(15)9-14(18-16)10-17-13-7-8-13/h3-6,9,11,13,17H,7-8,10H2,1-2H3. The van der Waals surface area contributed by atoms with Gasteiger partial charge in [-0.2, -0.15) is 0 Å². The van der Waals surface area contributed by atoms with Crippen LogP contribution in [0.3, 0.4) is 0 Å². The molecule has 1 N–H and O–H groups in total. The largest absolute Gasteiger partial charge is 0.474 e. The Labute approximate surface area is 114 Å². The number of hydrogen-bond acceptors (Lipinski definition) is 3. The molecule has 19 heavy (non-hydrogen) atoms. The van der Waals surface area contributed by atoms with Crippen LogP contribution in [0.4, 0.5) is 0 Å². The molecule has 2 aromatic rings. The predicted molar refractivity (Wildman–Crippen MR) is 77.4 cm³/mol. The molecule has 1 aromatic heterocycles. The maximum absolute atomic E-state index is 5.85. The molecule has 1 aliphatic rings. The zero-order valence-corrected chi connectivity index (χ0v) is 11.5. The molecule has 3 heteroatoms. The van der Waals surface area contributed by atoms with Gasteiger partial charge >= 0.3 is 0 Å². The fraction of sp³-hybridized carbons (Fsp3) is 0.438. The summed E-state index contributed by atoms with van der Waals surface area (Å²) in [4.78, 5) is 4.66. The zero-order chi connectivity index (χ0) is 13.2. The van der Waals surface area contributed by atoms with Gasteiger partial charge in [-0.15, -0.1) is 0 Å². The molecule has 100 valence electrons. The van der Waals surface area contributed by atoms with Gasteiger partial charge in [-0.05, 0) is 44.2 Å². The van der Waals surface area contributed by atoms with Gasteiger partial charge in [-0.25, -0.2) is 4.98 Å². The third-order valence-corrected chi connectivity index (χ3v) is 3.26. The fourth-order valence-corrected chi connectivity index (χ4v) is 2.16. The van der Waals surface area contributed by atoms with E-state index in [0.29, 0.717) is 6.04 Å². The molecule has 1 saturated carbocycles. The van der Waals surface area contributed by atoms with Gasteiger partial charge in [0.05, 0.1) is 11.8 Å². The summed E-state index contributed by atoms with van der Waals surface area (Å²) < 4.78 is 5.85. The van der Waals surface area contributed by atoms with Crippen LogP contribution in [0.25, 0.3) is 10.8 Å². The van der Waals surface area contributed by atoms with E-state index in [1.54, 1.807) is 0 Å². The Hall–Kier alpha value is -1.61. The van der Waals surface area contributed by atoms with Gasteiger partial charge < -0.3 is 10.1 Å². The van der Waals surface area contributed by atoms with E-state index >= 15 is 0 Å². The van der Waals surface area contributed by atoms with Gasteiger partial charge in [-0.1, -0.05) is 18.2 Å². The minimum absolute atomic E-state index is 0.141. The average molecular weight is 256 g/mol. The second-order valence-corrected chi connectivity index (χ2v) is 5.46. The molecule has 0 saturated heterocycles. The molecule has 1 aromatic carbocycles. The van der Waals surface area contributed by atoms with Crippen molar-refractivity contribution in [3.05, 3.63) is 36.0 Å². The first kappa shape index (κ1) is 12.4. The highest BCUT2D eigenvalue weighted by molar-refractivity contribution is 5.87. The second kappa shape index (κ2) is 5.17. The summed E-state index contributed by atoms with van der Waals surface area (Å²) in [5.74, 6) is 0.751. The van der Waals surface area contributed by atoms with Gasteiger partial charge in [0.25, 0.3) is 0 Å². The van der Waals surface area contributed by atoms with Crippen LogP contribution in [0.1, 0.15) is 32.4 Å². The fourth-order valence-electron chi connectivity index (χ4n) is 2.16. The molecule has 1 aliphatic carbocycles. The van der Waals surface area contributed by atoms with Crippen molar-refractivity contribution in [2.45, 2.75) is 45.4 Å². The third-order valence-electron chi connectivity index (χ3n) is 3.26. The topological polar surface area (TPSA) is 34.1 Å². The Bertz CT molecular complexity index is 576. The van der Waals surface area contributed by atoms with Crippen LogP contribution in [0.5, 0.6) is 5.88 Å².